The zero-order valence-corrected chi connectivity index (χ0v) is 13.5. The predicted octanol–water partition coefficient (Wildman–Crippen LogP) is 4.75. The fraction of sp³-hybridized carbons (Fsp3) is 1.00. The molecule has 0 aliphatic rings. The summed E-state index contributed by atoms with van der Waals surface area (Å²) >= 11 is 0. The van der Waals surface area contributed by atoms with Gasteiger partial charge in [-0.15, -0.1) is 0 Å². The highest BCUT2D eigenvalue weighted by molar-refractivity contribution is 7.56. The van der Waals surface area contributed by atoms with Gasteiger partial charge in [-0.25, -0.2) is 4.57 Å². The van der Waals surface area contributed by atoms with Gasteiger partial charge in [0.05, 0.1) is 0 Å². The van der Waals surface area contributed by atoms with Crippen LogP contribution in [0, 0.1) is 0 Å². The highest BCUT2D eigenvalue weighted by Gasteiger charge is 2.32. The quantitative estimate of drug-likeness (QED) is 0.543. The second-order valence-electron chi connectivity index (χ2n) is 4.14. The molecule has 17 heavy (non-hydrogen) atoms. The fourth-order valence-corrected chi connectivity index (χ4v) is 4.73. The van der Waals surface area contributed by atoms with E-state index in [-0.39, 0.29) is 14.0 Å². The van der Waals surface area contributed by atoms with E-state index < -0.39 is 7.82 Å². The van der Waals surface area contributed by atoms with Gasteiger partial charge in [0.1, 0.15) is 0 Å². The molecule has 0 saturated carbocycles. The van der Waals surface area contributed by atoms with Crippen LogP contribution in [0.25, 0.3) is 0 Å². The van der Waals surface area contributed by atoms with Gasteiger partial charge in [0.15, 0.2) is 0 Å². The smallest absolute Gasteiger partial charge is 0.290 e. The van der Waals surface area contributed by atoms with Crippen molar-refractivity contribution in [2.75, 3.05) is 14.2 Å². The number of phosphoric acid groups is 1. The molecule has 0 spiro atoms. The van der Waals surface area contributed by atoms with Crippen LogP contribution < -0.4 is 0 Å². The highest BCUT2D eigenvalue weighted by Crippen LogP contribution is 2.58. The van der Waals surface area contributed by atoms with Crippen molar-refractivity contribution in [2.24, 2.45) is 0 Å². The minimum Gasteiger partial charge on any atom is -0.290 e. The zero-order valence-electron chi connectivity index (χ0n) is 11.6. The van der Waals surface area contributed by atoms with Gasteiger partial charge in [0.2, 0.25) is 0 Å². The van der Waals surface area contributed by atoms with Crippen molar-refractivity contribution in [1.82, 2.24) is 0 Å². The second-order valence-corrected chi connectivity index (χ2v) is 7.76. The third-order valence-corrected chi connectivity index (χ3v) is 6.40. The third kappa shape index (κ3) is 5.81. The van der Waals surface area contributed by atoms with Gasteiger partial charge >= 0.3 is 7.82 Å². The molecule has 0 saturated heterocycles. The standard InChI is InChI=1S/C11H26O4P2/c1-6-9-11(8-3,10-7-2)16-15-17(12,13-4)14-5/h16H,6-10H2,1-5H3. The van der Waals surface area contributed by atoms with E-state index in [0.29, 0.717) is 0 Å². The highest BCUT2D eigenvalue weighted by atomic mass is 31.2. The Labute approximate surface area is 107 Å². The molecule has 0 aliphatic carbocycles. The minimum absolute atomic E-state index is 0.121. The van der Waals surface area contributed by atoms with Crippen LogP contribution >= 0.6 is 16.6 Å². The Morgan fingerprint density at radius 2 is 1.53 bits per heavy atom. The van der Waals surface area contributed by atoms with Crippen molar-refractivity contribution < 1.29 is 17.9 Å². The van der Waals surface area contributed by atoms with Crippen LogP contribution in [0.1, 0.15) is 52.9 Å². The van der Waals surface area contributed by atoms with Crippen molar-refractivity contribution in [1.29, 1.82) is 0 Å². The summed E-state index contributed by atoms with van der Waals surface area (Å²) in [6.07, 6.45) is 5.41. The average Bonchev–Trinajstić information content (AvgIpc) is 2.36. The summed E-state index contributed by atoms with van der Waals surface area (Å²) in [7, 11) is -0.468. The first-order valence-corrected chi connectivity index (χ1v) is 8.55. The number of hydrogen-bond acceptors (Lipinski definition) is 4. The first-order valence-electron chi connectivity index (χ1n) is 6.18. The summed E-state index contributed by atoms with van der Waals surface area (Å²) in [6.45, 7) is 6.49. The lowest BCUT2D eigenvalue weighted by atomic mass is 9.94. The van der Waals surface area contributed by atoms with Crippen molar-refractivity contribution in [3.05, 3.63) is 0 Å². The molecule has 0 rings (SSSR count). The number of hydrogen-bond donors (Lipinski definition) is 0. The van der Waals surface area contributed by atoms with Crippen molar-refractivity contribution >= 4 is 16.6 Å². The van der Waals surface area contributed by atoms with E-state index in [1.165, 1.54) is 14.2 Å². The SMILES string of the molecule is CCCC(CC)(CCC)POP(=O)(OC)OC. The molecule has 0 aliphatic heterocycles. The molecule has 104 valence electrons. The maximum atomic E-state index is 11.9. The van der Waals surface area contributed by atoms with Crippen molar-refractivity contribution in [2.45, 2.75) is 58.0 Å². The van der Waals surface area contributed by atoms with Gasteiger partial charge in [-0.2, -0.15) is 0 Å². The number of rotatable bonds is 10. The molecule has 0 aromatic heterocycles. The van der Waals surface area contributed by atoms with Crippen LogP contribution in [0.5, 0.6) is 0 Å². The summed E-state index contributed by atoms with van der Waals surface area (Å²) in [5.41, 5.74) is 0. The Morgan fingerprint density at radius 1 is 1.06 bits per heavy atom. The third-order valence-electron chi connectivity index (χ3n) is 2.96. The Morgan fingerprint density at radius 3 is 1.82 bits per heavy atom. The minimum atomic E-state index is -3.33. The molecular formula is C11H26O4P2. The van der Waals surface area contributed by atoms with E-state index in [2.05, 4.69) is 20.8 Å². The molecule has 6 heteroatoms. The summed E-state index contributed by atoms with van der Waals surface area (Å²) < 4.78 is 26.9. The molecule has 4 nitrogen and oxygen atoms in total. The summed E-state index contributed by atoms with van der Waals surface area (Å²) in [5.74, 6) is 0. The molecule has 1 atom stereocenters. The zero-order chi connectivity index (χ0) is 13.4. The van der Waals surface area contributed by atoms with E-state index in [1.54, 1.807) is 0 Å². The van der Waals surface area contributed by atoms with Crippen LogP contribution in [-0.4, -0.2) is 19.4 Å². The maximum Gasteiger partial charge on any atom is 0.477 e. The fourth-order valence-electron chi connectivity index (χ4n) is 1.91. The van der Waals surface area contributed by atoms with Crippen LogP contribution in [0.4, 0.5) is 0 Å². The molecule has 0 N–H and O–H groups in total. The Kier molecular flexibility index (Phi) is 8.88. The van der Waals surface area contributed by atoms with E-state index in [1.807, 2.05) is 0 Å². The lowest BCUT2D eigenvalue weighted by Crippen LogP contribution is -2.22. The molecule has 0 bridgehead atoms. The Hall–Kier alpha value is 0.540. The Balaban J connectivity index is 4.57. The topological polar surface area (TPSA) is 44.8 Å². The molecule has 0 radical (unpaired) electrons. The molecular weight excluding hydrogens is 258 g/mol. The van der Waals surface area contributed by atoms with Gasteiger partial charge in [0.25, 0.3) is 0 Å². The van der Waals surface area contributed by atoms with Gasteiger partial charge < -0.3 is 0 Å². The summed E-state index contributed by atoms with van der Waals surface area (Å²) in [4.78, 5) is 0. The first kappa shape index (κ1) is 17.5. The molecule has 0 aromatic rings. The van der Waals surface area contributed by atoms with Crippen LogP contribution in [-0.2, 0) is 17.9 Å². The predicted molar refractivity (Wildman–Crippen MR) is 73.9 cm³/mol. The maximum absolute atomic E-state index is 11.9. The van der Waals surface area contributed by atoms with E-state index >= 15 is 0 Å². The van der Waals surface area contributed by atoms with Crippen molar-refractivity contribution in [3.8, 4) is 0 Å². The van der Waals surface area contributed by atoms with Gasteiger partial charge in [0, 0.05) is 28.2 Å². The number of phosphoric ester groups is 1. The van der Waals surface area contributed by atoms with Crippen molar-refractivity contribution in [3.63, 3.8) is 0 Å². The molecule has 1 unspecified atom stereocenters. The largest absolute Gasteiger partial charge is 0.477 e. The lowest BCUT2D eigenvalue weighted by molar-refractivity contribution is 0.216. The van der Waals surface area contributed by atoms with E-state index in [0.717, 1.165) is 32.1 Å². The van der Waals surface area contributed by atoms with Crippen LogP contribution in [0.15, 0.2) is 0 Å². The Bertz CT molecular complexity index is 232. The molecule has 0 aromatic carbocycles. The summed E-state index contributed by atoms with van der Waals surface area (Å²) in [5, 5.41) is 0.121. The molecule has 0 heterocycles. The van der Waals surface area contributed by atoms with E-state index in [9.17, 15) is 4.57 Å². The first-order chi connectivity index (χ1) is 8.01. The van der Waals surface area contributed by atoms with Gasteiger partial charge in [-0.3, -0.25) is 13.4 Å². The monoisotopic (exact) mass is 284 g/mol. The van der Waals surface area contributed by atoms with Crippen LogP contribution in [0.2, 0.25) is 0 Å². The van der Waals surface area contributed by atoms with Gasteiger partial charge in [-0.05, 0) is 19.3 Å². The normalized spacial score (nSPS) is 13.7. The molecule has 0 fully saturated rings. The lowest BCUT2D eigenvalue weighted by Gasteiger charge is -2.32. The van der Waals surface area contributed by atoms with E-state index in [4.69, 9.17) is 13.4 Å². The summed E-state index contributed by atoms with van der Waals surface area (Å²) in [6, 6.07) is 0. The van der Waals surface area contributed by atoms with Gasteiger partial charge in [-0.1, -0.05) is 33.6 Å². The second kappa shape index (κ2) is 8.61. The average molecular weight is 284 g/mol. The van der Waals surface area contributed by atoms with Crippen LogP contribution in [0.3, 0.4) is 0 Å². The molecule has 0 amide bonds.